The Hall–Kier alpha value is -1.02. The topological polar surface area (TPSA) is 26.3 Å². The van der Waals surface area contributed by atoms with E-state index in [1.165, 1.54) is 23.8 Å². The predicted molar refractivity (Wildman–Crippen MR) is 94.1 cm³/mol. The zero-order valence-electron chi connectivity index (χ0n) is 14.6. The van der Waals surface area contributed by atoms with Crippen molar-refractivity contribution in [3.8, 4) is 0 Å². The summed E-state index contributed by atoms with van der Waals surface area (Å²) in [6.07, 6.45) is 4.75. The van der Waals surface area contributed by atoms with Crippen LogP contribution in [0.1, 0.15) is 69.1 Å². The van der Waals surface area contributed by atoms with Gasteiger partial charge in [0.05, 0.1) is 7.11 Å². The standard InChI is InChI=1S/C20H27ClO2/c1-13(2)14-6-8-16-15(12-14)7-9-17-19(16,3)10-5-11-20(17,21)18(22)23-4/h6,8,12-13,17H,5,7,9-11H2,1-4H3/t17-,19-,20-/m1/s1. The zero-order chi connectivity index (χ0) is 16.8. The number of carbonyl (C=O) groups excluding carboxylic acids is 1. The molecule has 0 N–H and O–H groups in total. The molecule has 2 aliphatic carbocycles. The third-order valence-corrected chi connectivity index (χ3v) is 6.80. The van der Waals surface area contributed by atoms with Crippen LogP contribution in [0.5, 0.6) is 0 Å². The second-order valence-corrected chi connectivity index (χ2v) is 8.46. The van der Waals surface area contributed by atoms with Gasteiger partial charge >= 0.3 is 5.97 Å². The molecule has 126 valence electrons. The number of hydrogen-bond acceptors (Lipinski definition) is 2. The number of ether oxygens (including phenoxy) is 1. The molecule has 2 aliphatic rings. The van der Waals surface area contributed by atoms with Gasteiger partial charge in [0, 0.05) is 0 Å². The molecule has 3 atom stereocenters. The number of fused-ring (bicyclic) bond motifs is 3. The molecule has 0 amide bonds. The van der Waals surface area contributed by atoms with Crippen molar-refractivity contribution in [1.29, 1.82) is 0 Å². The van der Waals surface area contributed by atoms with Crippen LogP contribution in [0.3, 0.4) is 0 Å². The first kappa shape index (κ1) is 16.8. The van der Waals surface area contributed by atoms with Crippen LogP contribution in [-0.4, -0.2) is 18.0 Å². The first-order valence-electron chi connectivity index (χ1n) is 8.73. The van der Waals surface area contributed by atoms with Crippen LogP contribution < -0.4 is 0 Å². The second-order valence-electron chi connectivity index (χ2n) is 7.79. The average Bonchev–Trinajstić information content (AvgIpc) is 2.53. The highest BCUT2D eigenvalue weighted by atomic mass is 35.5. The molecule has 3 rings (SSSR count). The summed E-state index contributed by atoms with van der Waals surface area (Å²) in [5.74, 6) is 0.437. The molecule has 0 radical (unpaired) electrons. The maximum absolute atomic E-state index is 12.4. The lowest BCUT2D eigenvalue weighted by molar-refractivity contribution is -0.148. The van der Waals surface area contributed by atoms with Crippen molar-refractivity contribution in [3.05, 3.63) is 34.9 Å². The highest BCUT2D eigenvalue weighted by Gasteiger charge is 2.57. The lowest BCUT2D eigenvalue weighted by atomic mass is 9.54. The van der Waals surface area contributed by atoms with E-state index >= 15 is 0 Å². The van der Waals surface area contributed by atoms with Crippen molar-refractivity contribution in [1.82, 2.24) is 0 Å². The van der Waals surface area contributed by atoms with Crippen molar-refractivity contribution in [2.75, 3.05) is 7.11 Å². The summed E-state index contributed by atoms with van der Waals surface area (Å²) in [5.41, 5.74) is 4.20. The molecule has 1 fully saturated rings. The number of hydrogen-bond donors (Lipinski definition) is 0. The van der Waals surface area contributed by atoms with Crippen LogP contribution in [-0.2, 0) is 21.4 Å². The molecule has 23 heavy (non-hydrogen) atoms. The summed E-state index contributed by atoms with van der Waals surface area (Å²) < 4.78 is 5.05. The lowest BCUT2D eigenvalue weighted by Crippen LogP contribution is -2.55. The van der Waals surface area contributed by atoms with Gasteiger partial charge < -0.3 is 4.74 Å². The molecule has 0 aliphatic heterocycles. The average molecular weight is 335 g/mol. The maximum atomic E-state index is 12.4. The molecule has 1 aromatic rings. The molecule has 1 aromatic carbocycles. The van der Waals surface area contributed by atoms with E-state index in [0.29, 0.717) is 5.92 Å². The summed E-state index contributed by atoms with van der Waals surface area (Å²) in [4.78, 5) is 11.5. The van der Waals surface area contributed by atoms with Crippen molar-refractivity contribution >= 4 is 17.6 Å². The van der Waals surface area contributed by atoms with Gasteiger partial charge in [0.2, 0.25) is 0 Å². The number of halogens is 1. The van der Waals surface area contributed by atoms with E-state index in [4.69, 9.17) is 16.3 Å². The van der Waals surface area contributed by atoms with E-state index in [-0.39, 0.29) is 17.3 Å². The van der Waals surface area contributed by atoms with Gasteiger partial charge in [-0.05, 0) is 59.6 Å². The molecule has 3 heteroatoms. The van der Waals surface area contributed by atoms with Gasteiger partial charge in [0.1, 0.15) is 4.87 Å². The van der Waals surface area contributed by atoms with Crippen molar-refractivity contribution in [3.63, 3.8) is 0 Å². The molecular formula is C20H27ClO2. The number of carbonyl (C=O) groups is 1. The molecule has 1 saturated carbocycles. The molecule has 0 saturated heterocycles. The Morgan fingerprint density at radius 1 is 1.35 bits per heavy atom. The molecule has 2 nitrogen and oxygen atoms in total. The SMILES string of the molecule is COC(=O)[C@@]1(Cl)CCC[C@]2(C)c3ccc(C(C)C)cc3CC[C@@H]12. The Morgan fingerprint density at radius 2 is 2.09 bits per heavy atom. The van der Waals surface area contributed by atoms with Gasteiger partial charge in [-0.3, -0.25) is 4.79 Å². The van der Waals surface area contributed by atoms with E-state index in [9.17, 15) is 4.79 Å². The summed E-state index contributed by atoms with van der Waals surface area (Å²) >= 11 is 6.86. The maximum Gasteiger partial charge on any atom is 0.327 e. The minimum absolute atomic E-state index is 0.0305. The number of methoxy groups -OCH3 is 1. The molecular weight excluding hydrogens is 308 g/mol. The van der Waals surface area contributed by atoms with Crippen molar-refractivity contribution < 1.29 is 9.53 Å². The molecule has 0 bridgehead atoms. The van der Waals surface area contributed by atoms with Gasteiger partial charge in [-0.15, -0.1) is 11.6 Å². The van der Waals surface area contributed by atoms with Crippen LogP contribution in [0.15, 0.2) is 18.2 Å². The fourth-order valence-electron chi connectivity index (χ4n) is 4.89. The third-order valence-electron chi connectivity index (χ3n) is 6.20. The monoisotopic (exact) mass is 334 g/mol. The Balaban J connectivity index is 2.06. The Morgan fingerprint density at radius 3 is 2.74 bits per heavy atom. The van der Waals surface area contributed by atoms with Gasteiger partial charge in [0.15, 0.2) is 0 Å². The Kier molecular flexibility index (Phi) is 4.25. The Bertz CT molecular complexity index is 624. The highest BCUT2D eigenvalue weighted by Crippen LogP contribution is 2.56. The van der Waals surface area contributed by atoms with E-state index in [1.54, 1.807) is 0 Å². The van der Waals surface area contributed by atoms with Gasteiger partial charge in [-0.25, -0.2) is 0 Å². The predicted octanol–water partition coefficient (Wildman–Crippen LogP) is 4.96. The summed E-state index contributed by atoms with van der Waals surface area (Å²) in [6, 6.07) is 6.90. The van der Waals surface area contributed by atoms with Crippen LogP contribution in [0, 0.1) is 5.92 Å². The smallest absolute Gasteiger partial charge is 0.327 e. The van der Waals surface area contributed by atoms with Gasteiger partial charge in [0.25, 0.3) is 0 Å². The van der Waals surface area contributed by atoms with Crippen molar-refractivity contribution in [2.24, 2.45) is 5.92 Å². The number of aryl methyl sites for hydroxylation is 1. The summed E-state index contributed by atoms with van der Waals surface area (Å²) in [6.45, 7) is 6.76. The first-order valence-corrected chi connectivity index (χ1v) is 9.11. The van der Waals surface area contributed by atoms with Crippen LogP contribution >= 0.6 is 11.6 Å². The summed E-state index contributed by atoms with van der Waals surface area (Å²) in [5, 5.41) is 0. The fourth-order valence-corrected chi connectivity index (χ4v) is 5.45. The second kappa shape index (κ2) is 5.81. The molecule has 0 heterocycles. The van der Waals surface area contributed by atoms with Crippen LogP contribution in [0.2, 0.25) is 0 Å². The van der Waals surface area contributed by atoms with E-state index in [2.05, 4.69) is 39.0 Å². The number of alkyl halides is 1. The minimum atomic E-state index is -0.865. The van der Waals surface area contributed by atoms with Crippen molar-refractivity contribution in [2.45, 2.75) is 69.1 Å². The third kappa shape index (κ3) is 2.50. The number of esters is 1. The largest absolute Gasteiger partial charge is 0.468 e. The minimum Gasteiger partial charge on any atom is -0.468 e. The number of rotatable bonds is 2. The summed E-state index contributed by atoms with van der Waals surface area (Å²) in [7, 11) is 1.45. The quantitative estimate of drug-likeness (QED) is 0.564. The highest BCUT2D eigenvalue weighted by molar-refractivity contribution is 6.34. The van der Waals surface area contributed by atoms with E-state index in [0.717, 1.165) is 32.1 Å². The normalized spacial score (nSPS) is 33.0. The number of benzene rings is 1. The fraction of sp³-hybridized carbons (Fsp3) is 0.650. The first-order chi connectivity index (χ1) is 10.8. The van der Waals surface area contributed by atoms with E-state index < -0.39 is 4.87 Å². The Labute approximate surface area is 144 Å². The van der Waals surface area contributed by atoms with Gasteiger partial charge in [-0.2, -0.15) is 0 Å². The molecule has 0 aromatic heterocycles. The van der Waals surface area contributed by atoms with Gasteiger partial charge in [-0.1, -0.05) is 45.4 Å². The molecule has 0 spiro atoms. The lowest BCUT2D eigenvalue weighted by Gasteiger charge is -2.52. The molecule has 0 unspecified atom stereocenters. The van der Waals surface area contributed by atoms with E-state index in [1.807, 2.05) is 0 Å². The van der Waals surface area contributed by atoms with Crippen LogP contribution in [0.25, 0.3) is 0 Å². The zero-order valence-corrected chi connectivity index (χ0v) is 15.4. The van der Waals surface area contributed by atoms with Crippen LogP contribution in [0.4, 0.5) is 0 Å².